The van der Waals surface area contributed by atoms with E-state index >= 15 is 0 Å². The molecule has 1 aliphatic carbocycles. The second kappa shape index (κ2) is 4.91. The maximum atomic E-state index is 12.5. The lowest BCUT2D eigenvalue weighted by atomic mass is 9.71. The van der Waals surface area contributed by atoms with Crippen LogP contribution >= 0.6 is 0 Å². The van der Waals surface area contributed by atoms with Gasteiger partial charge in [-0.3, -0.25) is 4.79 Å². The summed E-state index contributed by atoms with van der Waals surface area (Å²) in [5, 5.41) is 0. The standard InChI is InChI=1S/C15H20O2/c1-15(9-4-3-5-10-15)14(16)12-7-6-8-13(11-12)17-2/h6-8,11H,3-5,9-10H2,1-2H3. The molecule has 0 atom stereocenters. The van der Waals surface area contributed by atoms with Gasteiger partial charge in [-0.25, -0.2) is 0 Å². The molecule has 92 valence electrons. The van der Waals surface area contributed by atoms with Crippen molar-refractivity contribution in [3.05, 3.63) is 29.8 Å². The Bertz CT molecular complexity index is 403. The second-order valence-electron chi connectivity index (χ2n) is 5.18. The summed E-state index contributed by atoms with van der Waals surface area (Å²) < 4.78 is 5.17. The van der Waals surface area contributed by atoms with Crippen molar-refractivity contribution < 1.29 is 9.53 Å². The molecule has 1 saturated carbocycles. The molecule has 0 aromatic heterocycles. The van der Waals surface area contributed by atoms with E-state index < -0.39 is 0 Å². The monoisotopic (exact) mass is 232 g/mol. The molecule has 1 aromatic rings. The van der Waals surface area contributed by atoms with Gasteiger partial charge in [0, 0.05) is 11.0 Å². The molecule has 0 saturated heterocycles. The Morgan fingerprint density at radius 1 is 1.24 bits per heavy atom. The largest absolute Gasteiger partial charge is 0.497 e. The zero-order valence-corrected chi connectivity index (χ0v) is 10.7. The van der Waals surface area contributed by atoms with E-state index in [1.165, 1.54) is 19.3 Å². The van der Waals surface area contributed by atoms with Crippen LogP contribution in [0.3, 0.4) is 0 Å². The van der Waals surface area contributed by atoms with E-state index in [4.69, 9.17) is 4.74 Å². The number of ketones is 1. The van der Waals surface area contributed by atoms with Crippen molar-refractivity contribution in [2.75, 3.05) is 7.11 Å². The normalized spacial score (nSPS) is 18.7. The summed E-state index contributed by atoms with van der Waals surface area (Å²) >= 11 is 0. The van der Waals surface area contributed by atoms with Crippen LogP contribution in [0.15, 0.2) is 24.3 Å². The Labute approximate surface area is 103 Å². The van der Waals surface area contributed by atoms with Crippen LogP contribution in [0.5, 0.6) is 5.75 Å². The minimum Gasteiger partial charge on any atom is -0.497 e. The molecule has 17 heavy (non-hydrogen) atoms. The van der Waals surface area contributed by atoms with Gasteiger partial charge in [-0.2, -0.15) is 0 Å². The molecule has 0 spiro atoms. The lowest BCUT2D eigenvalue weighted by Gasteiger charge is -2.32. The number of carbonyl (C=O) groups excluding carboxylic acids is 1. The van der Waals surface area contributed by atoms with Gasteiger partial charge in [0.1, 0.15) is 5.75 Å². The maximum absolute atomic E-state index is 12.5. The molecule has 0 heterocycles. The average Bonchev–Trinajstić information content (AvgIpc) is 2.39. The molecule has 2 nitrogen and oxygen atoms in total. The topological polar surface area (TPSA) is 26.3 Å². The maximum Gasteiger partial charge on any atom is 0.168 e. The predicted molar refractivity (Wildman–Crippen MR) is 68.5 cm³/mol. The van der Waals surface area contributed by atoms with Crippen LogP contribution in [-0.2, 0) is 0 Å². The summed E-state index contributed by atoms with van der Waals surface area (Å²) in [5.74, 6) is 1.03. The summed E-state index contributed by atoms with van der Waals surface area (Å²) in [6.07, 6.45) is 5.64. The Morgan fingerprint density at radius 2 is 1.94 bits per heavy atom. The second-order valence-corrected chi connectivity index (χ2v) is 5.18. The fraction of sp³-hybridized carbons (Fsp3) is 0.533. The van der Waals surface area contributed by atoms with E-state index in [0.717, 1.165) is 24.2 Å². The van der Waals surface area contributed by atoms with Gasteiger partial charge in [0.15, 0.2) is 5.78 Å². The van der Waals surface area contributed by atoms with Gasteiger partial charge < -0.3 is 4.74 Å². The SMILES string of the molecule is COc1cccc(C(=O)C2(C)CCCCC2)c1. The average molecular weight is 232 g/mol. The number of ether oxygens (including phenoxy) is 1. The fourth-order valence-electron chi connectivity index (χ4n) is 2.67. The quantitative estimate of drug-likeness (QED) is 0.740. The highest BCUT2D eigenvalue weighted by Crippen LogP contribution is 2.38. The van der Waals surface area contributed by atoms with E-state index in [1.54, 1.807) is 7.11 Å². The Kier molecular flexibility index (Phi) is 3.51. The molecule has 0 unspecified atom stereocenters. The minimum absolute atomic E-state index is 0.162. The molecule has 0 N–H and O–H groups in total. The van der Waals surface area contributed by atoms with Gasteiger partial charge in [-0.05, 0) is 25.0 Å². The van der Waals surface area contributed by atoms with Crippen molar-refractivity contribution in [3.63, 3.8) is 0 Å². The zero-order chi connectivity index (χ0) is 12.3. The lowest BCUT2D eigenvalue weighted by Crippen LogP contribution is -2.30. The smallest absolute Gasteiger partial charge is 0.168 e. The number of hydrogen-bond donors (Lipinski definition) is 0. The zero-order valence-electron chi connectivity index (χ0n) is 10.7. The number of rotatable bonds is 3. The van der Waals surface area contributed by atoms with Crippen molar-refractivity contribution in [3.8, 4) is 5.75 Å². The molecule has 0 aliphatic heterocycles. The van der Waals surface area contributed by atoms with Crippen LogP contribution in [0.25, 0.3) is 0 Å². The summed E-state index contributed by atoms with van der Waals surface area (Å²) in [7, 11) is 1.63. The first-order valence-corrected chi connectivity index (χ1v) is 6.34. The van der Waals surface area contributed by atoms with Crippen molar-refractivity contribution in [2.45, 2.75) is 39.0 Å². The number of hydrogen-bond acceptors (Lipinski definition) is 2. The predicted octanol–water partition coefficient (Wildman–Crippen LogP) is 3.85. The Balaban J connectivity index is 2.23. The third kappa shape index (κ3) is 2.51. The highest BCUT2D eigenvalue weighted by Gasteiger charge is 2.34. The molecular formula is C15H20O2. The van der Waals surface area contributed by atoms with E-state index in [9.17, 15) is 4.79 Å². The molecular weight excluding hydrogens is 212 g/mol. The van der Waals surface area contributed by atoms with E-state index in [1.807, 2.05) is 24.3 Å². The number of Topliss-reactive ketones (excluding diaryl/α,β-unsaturated/α-hetero) is 1. The molecule has 1 fully saturated rings. The fourth-order valence-corrected chi connectivity index (χ4v) is 2.67. The number of benzene rings is 1. The van der Waals surface area contributed by atoms with Crippen LogP contribution in [0.2, 0.25) is 0 Å². The van der Waals surface area contributed by atoms with Crippen molar-refractivity contribution in [1.82, 2.24) is 0 Å². The number of methoxy groups -OCH3 is 1. The summed E-state index contributed by atoms with van der Waals surface area (Å²) in [5.41, 5.74) is 0.624. The number of carbonyl (C=O) groups is 1. The molecule has 1 aromatic carbocycles. The van der Waals surface area contributed by atoms with Crippen molar-refractivity contribution in [1.29, 1.82) is 0 Å². The first-order chi connectivity index (χ1) is 8.15. The molecule has 0 amide bonds. The Morgan fingerprint density at radius 3 is 2.59 bits per heavy atom. The first-order valence-electron chi connectivity index (χ1n) is 6.34. The van der Waals surface area contributed by atoms with Crippen LogP contribution in [0.4, 0.5) is 0 Å². The first kappa shape index (κ1) is 12.2. The van der Waals surface area contributed by atoms with Crippen LogP contribution in [-0.4, -0.2) is 12.9 Å². The van der Waals surface area contributed by atoms with Crippen LogP contribution in [0.1, 0.15) is 49.4 Å². The third-order valence-corrected chi connectivity index (χ3v) is 3.84. The molecule has 0 bridgehead atoms. The summed E-state index contributed by atoms with van der Waals surface area (Å²) in [4.78, 5) is 12.5. The summed E-state index contributed by atoms with van der Waals surface area (Å²) in [6.45, 7) is 2.11. The molecule has 1 aliphatic rings. The highest BCUT2D eigenvalue weighted by atomic mass is 16.5. The third-order valence-electron chi connectivity index (χ3n) is 3.84. The minimum atomic E-state index is -0.162. The van der Waals surface area contributed by atoms with Gasteiger partial charge in [0.25, 0.3) is 0 Å². The van der Waals surface area contributed by atoms with E-state index in [-0.39, 0.29) is 11.2 Å². The van der Waals surface area contributed by atoms with E-state index in [0.29, 0.717) is 0 Å². The molecule has 2 rings (SSSR count). The van der Waals surface area contributed by atoms with Gasteiger partial charge in [0.2, 0.25) is 0 Å². The van der Waals surface area contributed by atoms with Crippen LogP contribution < -0.4 is 4.74 Å². The van der Waals surface area contributed by atoms with Crippen molar-refractivity contribution in [2.24, 2.45) is 5.41 Å². The van der Waals surface area contributed by atoms with E-state index in [2.05, 4.69) is 6.92 Å². The van der Waals surface area contributed by atoms with Crippen molar-refractivity contribution >= 4 is 5.78 Å². The molecule has 2 heteroatoms. The highest BCUT2D eigenvalue weighted by molar-refractivity contribution is 6.00. The van der Waals surface area contributed by atoms with Gasteiger partial charge >= 0.3 is 0 Å². The van der Waals surface area contributed by atoms with Gasteiger partial charge in [-0.1, -0.05) is 38.3 Å². The lowest BCUT2D eigenvalue weighted by molar-refractivity contribution is 0.0749. The van der Waals surface area contributed by atoms with Gasteiger partial charge in [0.05, 0.1) is 7.11 Å². The van der Waals surface area contributed by atoms with Crippen LogP contribution in [0, 0.1) is 5.41 Å². The molecule has 0 radical (unpaired) electrons. The summed E-state index contributed by atoms with van der Waals surface area (Å²) in [6, 6.07) is 7.51. The van der Waals surface area contributed by atoms with Gasteiger partial charge in [-0.15, -0.1) is 0 Å². The Hall–Kier alpha value is -1.31.